The lowest BCUT2D eigenvalue weighted by Crippen LogP contribution is -2.33. The number of thiophene rings is 1. The lowest BCUT2D eigenvalue weighted by molar-refractivity contribution is 0.0979. The highest BCUT2D eigenvalue weighted by Crippen LogP contribution is 2.25. The van der Waals surface area contributed by atoms with Gasteiger partial charge in [-0.05, 0) is 25.0 Å². The van der Waals surface area contributed by atoms with E-state index in [0.717, 1.165) is 24.2 Å². The van der Waals surface area contributed by atoms with E-state index in [1.54, 1.807) is 19.2 Å². The molecule has 1 atom stereocenters. The van der Waals surface area contributed by atoms with Crippen LogP contribution in [0.3, 0.4) is 0 Å². The van der Waals surface area contributed by atoms with E-state index in [-0.39, 0.29) is 15.3 Å². The van der Waals surface area contributed by atoms with Crippen LogP contribution in [0.15, 0.2) is 16.3 Å². The van der Waals surface area contributed by atoms with E-state index in [1.807, 2.05) is 0 Å². The Kier molecular flexibility index (Phi) is 4.57. The Hall–Kier alpha value is -0.540. The summed E-state index contributed by atoms with van der Waals surface area (Å²) in [6, 6.07) is 3.18. The van der Waals surface area contributed by atoms with E-state index in [4.69, 9.17) is 22.7 Å². The van der Waals surface area contributed by atoms with E-state index in [2.05, 4.69) is 0 Å². The van der Waals surface area contributed by atoms with Gasteiger partial charge in [-0.15, -0.1) is 11.3 Å². The summed E-state index contributed by atoms with van der Waals surface area (Å²) >= 11 is 5.94. The first kappa shape index (κ1) is 14.9. The van der Waals surface area contributed by atoms with Crippen LogP contribution >= 0.6 is 23.6 Å². The molecular formula is C11H16N2O3S3. The summed E-state index contributed by atoms with van der Waals surface area (Å²) in [7, 11) is -1.92. The fourth-order valence-electron chi connectivity index (χ4n) is 1.92. The van der Waals surface area contributed by atoms with Gasteiger partial charge in [0.25, 0.3) is 10.0 Å². The minimum atomic E-state index is -3.48. The number of likely N-dealkylation sites (N-methyl/N-ethyl adjacent to an activating group) is 1. The van der Waals surface area contributed by atoms with Gasteiger partial charge < -0.3 is 10.5 Å². The van der Waals surface area contributed by atoms with Crippen LogP contribution in [0.1, 0.15) is 17.7 Å². The normalized spacial score (nSPS) is 20.0. The molecule has 0 amide bonds. The van der Waals surface area contributed by atoms with E-state index < -0.39 is 10.0 Å². The monoisotopic (exact) mass is 320 g/mol. The SMILES string of the molecule is CN(CC1CCCO1)S(=O)(=O)c1ccc(C(N)=S)s1. The maximum atomic E-state index is 12.4. The highest BCUT2D eigenvalue weighted by Gasteiger charge is 2.27. The average molecular weight is 320 g/mol. The molecule has 0 bridgehead atoms. The van der Waals surface area contributed by atoms with Crippen molar-refractivity contribution in [3.8, 4) is 0 Å². The third-order valence-corrected chi connectivity index (χ3v) is 6.73. The van der Waals surface area contributed by atoms with Gasteiger partial charge in [0.2, 0.25) is 0 Å². The Balaban J connectivity index is 2.13. The molecule has 1 saturated heterocycles. The van der Waals surface area contributed by atoms with E-state index >= 15 is 0 Å². The fraction of sp³-hybridized carbons (Fsp3) is 0.545. The Morgan fingerprint density at radius 2 is 2.37 bits per heavy atom. The van der Waals surface area contributed by atoms with Crippen LogP contribution in [-0.4, -0.2) is 44.0 Å². The molecule has 1 aliphatic rings. The first-order valence-electron chi connectivity index (χ1n) is 5.89. The Bertz CT molecular complexity index is 561. The molecular weight excluding hydrogens is 304 g/mol. The van der Waals surface area contributed by atoms with Crippen molar-refractivity contribution in [2.45, 2.75) is 23.2 Å². The number of thiocarbonyl (C=S) groups is 1. The summed E-state index contributed by atoms with van der Waals surface area (Å²) in [5.74, 6) is 0. The lowest BCUT2D eigenvalue weighted by atomic mass is 10.2. The average Bonchev–Trinajstić information content (AvgIpc) is 2.99. The van der Waals surface area contributed by atoms with E-state index in [9.17, 15) is 8.42 Å². The van der Waals surface area contributed by atoms with Crippen LogP contribution in [0.25, 0.3) is 0 Å². The number of ether oxygens (including phenoxy) is 1. The maximum absolute atomic E-state index is 12.4. The highest BCUT2D eigenvalue weighted by atomic mass is 32.2. The van der Waals surface area contributed by atoms with Gasteiger partial charge in [-0.25, -0.2) is 8.42 Å². The van der Waals surface area contributed by atoms with Crippen LogP contribution < -0.4 is 5.73 Å². The largest absolute Gasteiger partial charge is 0.389 e. The Morgan fingerprint density at radius 1 is 1.63 bits per heavy atom. The van der Waals surface area contributed by atoms with Crippen molar-refractivity contribution in [3.63, 3.8) is 0 Å². The molecule has 1 fully saturated rings. The number of hydrogen-bond acceptors (Lipinski definition) is 5. The molecule has 0 aromatic carbocycles. The van der Waals surface area contributed by atoms with Crippen molar-refractivity contribution in [1.82, 2.24) is 4.31 Å². The molecule has 2 rings (SSSR count). The van der Waals surface area contributed by atoms with Gasteiger partial charge in [0.15, 0.2) is 0 Å². The maximum Gasteiger partial charge on any atom is 0.252 e. The third-order valence-electron chi connectivity index (χ3n) is 2.97. The number of rotatable bonds is 5. The van der Waals surface area contributed by atoms with Crippen molar-refractivity contribution in [2.75, 3.05) is 20.2 Å². The first-order valence-corrected chi connectivity index (χ1v) is 8.55. The quantitative estimate of drug-likeness (QED) is 0.825. The molecule has 1 unspecified atom stereocenters. The second-order valence-electron chi connectivity index (χ2n) is 4.40. The van der Waals surface area contributed by atoms with Crippen LogP contribution in [0, 0.1) is 0 Å². The van der Waals surface area contributed by atoms with Gasteiger partial charge in [-0.1, -0.05) is 12.2 Å². The zero-order valence-electron chi connectivity index (χ0n) is 10.5. The molecule has 2 N–H and O–H groups in total. The molecule has 106 valence electrons. The summed E-state index contributed by atoms with van der Waals surface area (Å²) in [5.41, 5.74) is 5.49. The van der Waals surface area contributed by atoms with Crippen molar-refractivity contribution in [3.05, 3.63) is 17.0 Å². The molecule has 0 saturated carbocycles. The molecule has 0 aliphatic carbocycles. The van der Waals surface area contributed by atoms with Crippen LogP contribution in [0.5, 0.6) is 0 Å². The summed E-state index contributed by atoms with van der Waals surface area (Å²) in [6.45, 7) is 1.09. The van der Waals surface area contributed by atoms with Crippen molar-refractivity contribution >= 4 is 38.6 Å². The Labute approximate surface area is 122 Å². The van der Waals surface area contributed by atoms with Gasteiger partial charge in [-0.3, -0.25) is 0 Å². The fourth-order valence-corrected chi connectivity index (χ4v) is 4.68. The third kappa shape index (κ3) is 3.32. The Morgan fingerprint density at radius 3 is 2.89 bits per heavy atom. The number of nitrogens with two attached hydrogens (primary N) is 1. The van der Waals surface area contributed by atoms with Crippen molar-refractivity contribution in [2.24, 2.45) is 5.73 Å². The van der Waals surface area contributed by atoms with Gasteiger partial charge in [-0.2, -0.15) is 4.31 Å². The zero-order valence-corrected chi connectivity index (χ0v) is 13.0. The summed E-state index contributed by atoms with van der Waals surface area (Å²) < 4.78 is 31.8. The predicted molar refractivity (Wildman–Crippen MR) is 79.0 cm³/mol. The van der Waals surface area contributed by atoms with Crippen molar-refractivity contribution in [1.29, 1.82) is 0 Å². The smallest absolute Gasteiger partial charge is 0.252 e. The first-order chi connectivity index (χ1) is 8.91. The second-order valence-corrected chi connectivity index (χ2v) is 8.20. The molecule has 0 spiro atoms. The van der Waals surface area contributed by atoms with Crippen LogP contribution in [-0.2, 0) is 14.8 Å². The van der Waals surface area contributed by atoms with Crippen LogP contribution in [0.2, 0.25) is 0 Å². The molecule has 19 heavy (non-hydrogen) atoms. The number of hydrogen-bond donors (Lipinski definition) is 1. The molecule has 8 heteroatoms. The second kappa shape index (κ2) is 5.84. The topological polar surface area (TPSA) is 72.6 Å². The van der Waals surface area contributed by atoms with E-state index in [0.29, 0.717) is 18.0 Å². The number of sulfonamides is 1. The molecule has 2 heterocycles. The minimum Gasteiger partial charge on any atom is -0.389 e. The van der Waals surface area contributed by atoms with E-state index in [1.165, 1.54) is 4.31 Å². The molecule has 0 radical (unpaired) electrons. The van der Waals surface area contributed by atoms with Crippen LogP contribution in [0.4, 0.5) is 0 Å². The molecule has 1 aromatic heterocycles. The minimum absolute atomic E-state index is 0.00482. The summed E-state index contributed by atoms with van der Waals surface area (Å²) in [4.78, 5) is 0.826. The molecule has 5 nitrogen and oxygen atoms in total. The standard InChI is InChI=1S/C11H16N2O3S3/c1-13(7-8-3-2-6-16-8)19(14,15)10-5-4-9(18-10)11(12)17/h4-5,8H,2-3,6-7H2,1H3,(H2,12,17). The zero-order chi connectivity index (χ0) is 14.0. The lowest BCUT2D eigenvalue weighted by Gasteiger charge is -2.19. The predicted octanol–water partition coefficient (Wildman–Crippen LogP) is 1.18. The number of nitrogens with zero attached hydrogens (tertiary/aromatic N) is 1. The van der Waals surface area contributed by atoms with Gasteiger partial charge >= 0.3 is 0 Å². The molecule has 1 aromatic rings. The van der Waals surface area contributed by atoms with Gasteiger partial charge in [0, 0.05) is 20.2 Å². The summed E-state index contributed by atoms with van der Waals surface area (Å²) in [6.07, 6.45) is 1.89. The highest BCUT2D eigenvalue weighted by molar-refractivity contribution is 7.91. The van der Waals surface area contributed by atoms with Gasteiger partial charge in [0.1, 0.15) is 9.20 Å². The van der Waals surface area contributed by atoms with Gasteiger partial charge in [0.05, 0.1) is 11.0 Å². The molecule has 1 aliphatic heterocycles. The van der Waals surface area contributed by atoms with Crippen molar-refractivity contribution < 1.29 is 13.2 Å². The summed E-state index contributed by atoms with van der Waals surface area (Å²) in [5, 5.41) is 0.